The molecule has 0 aromatic heterocycles. The topological polar surface area (TPSA) is 63.6 Å². The van der Waals surface area contributed by atoms with E-state index in [2.05, 4.69) is 19.1 Å². The van der Waals surface area contributed by atoms with Gasteiger partial charge < -0.3 is 9.84 Å². The lowest BCUT2D eigenvalue weighted by Gasteiger charge is -2.13. The van der Waals surface area contributed by atoms with E-state index in [1.165, 1.54) is 77.0 Å². The third-order valence-electron chi connectivity index (χ3n) is 5.27. The molecule has 0 fully saturated rings. The Morgan fingerprint density at radius 3 is 1.79 bits per heavy atom. The lowest BCUT2D eigenvalue weighted by molar-refractivity contribution is -0.153. The molecule has 0 spiro atoms. The van der Waals surface area contributed by atoms with Gasteiger partial charge in [-0.15, -0.1) is 0 Å². The van der Waals surface area contributed by atoms with Crippen LogP contribution in [0.5, 0.6) is 0 Å². The maximum atomic E-state index is 11.9. The third-order valence-corrected chi connectivity index (χ3v) is 5.27. The van der Waals surface area contributed by atoms with Crippen molar-refractivity contribution in [1.29, 1.82) is 0 Å². The van der Waals surface area contributed by atoms with Gasteiger partial charge in [0, 0.05) is 0 Å². The number of esters is 1. The van der Waals surface area contributed by atoms with Gasteiger partial charge in [-0.05, 0) is 38.5 Å². The highest BCUT2D eigenvalue weighted by molar-refractivity contribution is 5.79. The Balaban J connectivity index is 3.54. The number of hydrogen-bond acceptors (Lipinski definition) is 3. The molecule has 0 saturated carbocycles. The normalized spacial score (nSPS) is 12.3. The SMILES string of the molecule is CCCCC/C=C/CCCCCCCCCCCC(CC(=O)O)C(=O)OCCC. The van der Waals surface area contributed by atoms with Crippen LogP contribution in [0.15, 0.2) is 12.2 Å². The summed E-state index contributed by atoms with van der Waals surface area (Å²) in [5.41, 5.74) is 0. The monoisotopic (exact) mass is 410 g/mol. The van der Waals surface area contributed by atoms with Crippen molar-refractivity contribution in [3.8, 4) is 0 Å². The number of allylic oxidation sites excluding steroid dienone is 2. The van der Waals surface area contributed by atoms with Crippen LogP contribution in [-0.2, 0) is 14.3 Å². The van der Waals surface area contributed by atoms with Gasteiger partial charge in [-0.25, -0.2) is 0 Å². The Morgan fingerprint density at radius 2 is 1.28 bits per heavy atom. The number of carbonyl (C=O) groups excluding carboxylic acids is 1. The molecule has 1 atom stereocenters. The van der Waals surface area contributed by atoms with E-state index in [9.17, 15) is 9.59 Å². The molecule has 0 radical (unpaired) electrons. The zero-order valence-corrected chi connectivity index (χ0v) is 19.1. The zero-order valence-electron chi connectivity index (χ0n) is 19.1. The summed E-state index contributed by atoms with van der Waals surface area (Å²) >= 11 is 0. The number of hydrogen-bond donors (Lipinski definition) is 1. The Labute approximate surface area is 179 Å². The Morgan fingerprint density at radius 1 is 0.759 bits per heavy atom. The van der Waals surface area contributed by atoms with Gasteiger partial charge in [0.05, 0.1) is 18.9 Å². The van der Waals surface area contributed by atoms with Crippen molar-refractivity contribution in [3.63, 3.8) is 0 Å². The minimum Gasteiger partial charge on any atom is -0.481 e. The first-order valence-electron chi connectivity index (χ1n) is 12.1. The Kier molecular flexibility index (Phi) is 20.4. The molecule has 0 amide bonds. The molecule has 0 aliphatic heterocycles. The number of rotatable bonds is 21. The quantitative estimate of drug-likeness (QED) is 0.121. The summed E-state index contributed by atoms with van der Waals surface area (Å²) in [6.45, 7) is 4.56. The fourth-order valence-corrected chi connectivity index (χ4v) is 3.47. The average molecular weight is 411 g/mol. The second-order valence-corrected chi connectivity index (χ2v) is 8.19. The Bertz CT molecular complexity index is 417. The zero-order chi connectivity index (χ0) is 21.6. The van der Waals surface area contributed by atoms with E-state index >= 15 is 0 Å². The van der Waals surface area contributed by atoms with E-state index in [-0.39, 0.29) is 12.4 Å². The Hall–Kier alpha value is -1.32. The van der Waals surface area contributed by atoms with E-state index in [1.807, 2.05) is 6.92 Å². The number of aliphatic carboxylic acids is 1. The molecule has 0 aromatic rings. The molecule has 4 heteroatoms. The van der Waals surface area contributed by atoms with Crippen molar-refractivity contribution in [1.82, 2.24) is 0 Å². The van der Waals surface area contributed by atoms with Gasteiger partial charge in [0.15, 0.2) is 0 Å². The molecule has 0 bridgehead atoms. The molecule has 4 nitrogen and oxygen atoms in total. The summed E-state index contributed by atoms with van der Waals surface area (Å²) in [4.78, 5) is 22.9. The summed E-state index contributed by atoms with van der Waals surface area (Å²) in [6.07, 6.45) is 23.4. The fourth-order valence-electron chi connectivity index (χ4n) is 3.47. The second-order valence-electron chi connectivity index (χ2n) is 8.19. The van der Waals surface area contributed by atoms with Crippen molar-refractivity contribution < 1.29 is 19.4 Å². The molecule has 0 aromatic carbocycles. The third kappa shape index (κ3) is 19.8. The summed E-state index contributed by atoms with van der Waals surface area (Å²) in [7, 11) is 0. The van der Waals surface area contributed by atoms with E-state index in [0.29, 0.717) is 13.0 Å². The first kappa shape index (κ1) is 27.7. The van der Waals surface area contributed by atoms with Crippen LogP contribution in [0.2, 0.25) is 0 Å². The van der Waals surface area contributed by atoms with Crippen molar-refractivity contribution >= 4 is 11.9 Å². The molecule has 0 aliphatic carbocycles. The van der Waals surface area contributed by atoms with Crippen LogP contribution in [0, 0.1) is 5.92 Å². The van der Waals surface area contributed by atoms with Crippen molar-refractivity contribution in [2.24, 2.45) is 5.92 Å². The second kappa shape index (κ2) is 21.4. The molecule has 1 N–H and O–H groups in total. The van der Waals surface area contributed by atoms with Gasteiger partial charge in [-0.3, -0.25) is 9.59 Å². The molecule has 0 aliphatic rings. The highest BCUT2D eigenvalue weighted by Crippen LogP contribution is 2.18. The van der Waals surface area contributed by atoms with Crippen LogP contribution < -0.4 is 0 Å². The lowest BCUT2D eigenvalue weighted by Crippen LogP contribution is -2.21. The van der Waals surface area contributed by atoms with Crippen molar-refractivity contribution in [2.45, 2.75) is 123 Å². The van der Waals surface area contributed by atoms with E-state index in [0.717, 1.165) is 19.3 Å². The summed E-state index contributed by atoms with van der Waals surface area (Å²) in [5.74, 6) is -1.75. The van der Waals surface area contributed by atoms with Crippen molar-refractivity contribution in [3.05, 3.63) is 12.2 Å². The maximum absolute atomic E-state index is 11.9. The standard InChI is InChI=1S/C25H46O4/c1-3-5-6-7-8-9-10-11-12-13-14-15-16-17-18-19-20-23(22-24(26)27)25(28)29-21-4-2/h8-9,23H,3-7,10-22H2,1-2H3,(H,26,27)/b9-8+. The minimum atomic E-state index is -0.921. The molecule has 170 valence electrons. The van der Waals surface area contributed by atoms with Gasteiger partial charge in [-0.2, -0.15) is 0 Å². The molecule has 0 rings (SSSR count). The number of ether oxygens (including phenoxy) is 1. The van der Waals surface area contributed by atoms with Gasteiger partial charge in [0.25, 0.3) is 0 Å². The van der Waals surface area contributed by atoms with Crippen molar-refractivity contribution in [2.75, 3.05) is 6.61 Å². The van der Waals surface area contributed by atoms with Crippen LogP contribution in [0.25, 0.3) is 0 Å². The predicted molar refractivity (Wildman–Crippen MR) is 121 cm³/mol. The van der Waals surface area contributed by atoms with Crippen LogP contribution in [0.4, 0.5) is 0 Å². The van der Waals surface area contributed by atoms with Gasteiger partial charge in [0.1, 0.15) is 0 Å². The molecule has 1 unspecified atom stereocenters. The maximum Gasteiger partial charge on any atom is 0.309 e. The summed E-state index contributed by atoms with van der Waals surface area (Å²) in [6, 6.07) is 0. The van der Waals surface area contributed by atoms with Crippen LogP contribution >= 0.6 is 0 Å². The summed E-state index contributed by atoms with van der Waals surface area (Å²) < 4.78 is 5.13. The van der Waals surface area contributed by atoms with E-state index < -0.39 is 11.9 Å². The van der Waals surface area contributed by atoms with E-state index in [1.54, 1.807) is 0 Å². The van der Waals surface area contributed by atoms with Crippen LogP contribution in [0.3, 0.4) is 0 Å². The molecule has 29 heavy (non-hydrogen) atoms. The molecular formula is C25H46O4. The fraction of sp³-hybridized carbons (Fsp3) is 0.840. The van der Waals surface area contributed by atoms with Crippen LogP contribution in [-0.4, -0.2) is 23.7 Å². The highest BCUT2D eigenvalue weighted by atomic mass is 16.5. The van der Waals surface area contributed by atoms with Gasteiger partial charge >= 0.3 is 11.9 Å². The highest BCUT2D eigenvalue weighted by Gasteiger charge is 2.22. The summed E-state index contributed by atoms with van der Waals surface area (Å²) in [5, 5.41) is 8.98. The number of unbranched alkanes of at least 4 members (excludes halogenated alkanes) is 12. The first-order valence-corrected chi connectivity index (χ1v) is 12.1. The lowest BCUT2D eigenvalue weighted by atomic mass is 9.97. The molecule has 0 heterocycles. The average Bonchev–Trinajstić information content (AvgIpc) is 2.70. The smallest absolute Gasteiger partial charge is 0.309 e. The van der Waals surface area contributed by atoms with Gasteiger partial charge in [-0.1, -0.05) is 90.2 Å². The first-order chi connectivity index (χ1) is 14.1. The number of carbonyl (C=O) groups is 2. The minimum absolute atomic E-state index is 0.115. The van der Waals surface area contributed by atoms with Crippen LogP contribution in [0.1, 0.15) is 123 Å². The molecule has 0 saturated heterocycles. The van der Waals surface area contributed by atoms with E-state index in [4.69, 9.17) is 9.84 Å². The molecular weight excluding hydrogens is 364 g/mol. The number of carboxylic acids is 1. The largest absolute Gasteiger partial charge is 0.481 e. The van der Waals surface area contributed by atoms with Gasteiger partial charge in [0.2, 0.25) is 0 Å². The number of carboxylic acid groups (broad SMARTS) is 1. The predicted octanol–water partition coefficient (Wildman–Crippen LogP) is 7.46.